The van der Waals surface area contributed by atoms with E-state index in [0.29, 0.717) is 23.7 Å². The summed E-state index contributed by atoms with van der Waals surface area (Å²) in [5.74, 6) is -0.546. The van der Waals surface area contributed by atoms with Crippen LogP contribution in [0.5, 0.6) is 5.75 Å². The number of rotatable bonds is 6. The van der Waals surface area contributed by atoms with Gasteiger partial charge in [-0.05, 0) is 44.5 Å². The van der Waals surface area contributed by atoms with E-state index in [4.69, 9.17) is 19.9 Å². The van der Waals surface area contributed by atoms with E-state index >= 15 is 0 Å². The molecule has 0 aromatic heterocycles. The number of benzene rings is 2. The van der Waals surface area contributed by atoms with Crippen LogP contribution in [0.2, 0.25) is 0 Å². The van der Waals surface area contributed by atoms with Gasteiger partial charge in [0.1, 0.15) is 29.8 Å². The standard InChI is InChI=1S/C24H23BrN2O4/c1-4-29-24(28)21-15(3)31-23(27)19(12-26)22(21)18-11-17(25)9-10-20(18)30-13-16-7-5-14(2)6-8-16/h5-11,22H,4,13,27H2,1-3H3. The van der Waals surface area contributed by atoms with Crippen molar-refractivity contribution in [2.75, 3.05) is 6.61 Å². The Labute approximate surface area is 190 Å². The van der Waals surface area contributed by atoms with Crippen LogP contribution >= 0.6 is 15.9 Å². The molecule has 0 aliphatic carbocycles. The van der Waals surface area contributed by atoms with Gasteiger partial charge in [0, 0.05) is 10.0 Å². The summed E-state index contributed by atoms with van der Waals surface area (Å²) in [7, 11) is 0. The third-order valence-electron chi connectivity index (χ3n) is 4.90. The topological polar surface area (TPSA) is 94.6 Å². The monoisotopic (exact) mass is 482 g/mol. The molecule has 0 fully saturated rings. The fraction of sp³-hybridized carbons (Fsp3) is 0.250. The number of hydrogen-bond donors (Lipinski definition) is 1. The lowest BCUT2D eigenvalue weighted by atomic mass is 9.82. The van der Waals surface area contributed by atoms with Crippen LogP contribution < -0.4 is 10.5 Å². The molecule has 3 rings (SSSR count). The van der Waals surface area contributed by atoms with Gasteiger partial charge in [0.05, 0.1) is 18.1 Å². The van der Waals surface area contributed by atoms with E-state index < -0.39 is 11.9 Å². The fourth-order valence-corrected chi connectivity index (χ4v) is 3.77. The van der Waals surface area contributed by atoms with Crippen LogP contribution in [-0.4, -0.2) is 12.6 Å². The highest BCUT2D eigenvalue weighted by Crippen LogP contribution is 2.44. The van der Waals surface area contributed by atoms with Gasteiger partial charge in [0.15, 0.2) is 0 Å². The van der Waals surface area contributed by atoms with Crippen LogP contribution in [0.25, 0.3) is 0 Å². The molecule has 2 N–H and O–H groups in total. The van der Waals surface area contributed by atoms with E-state index in [9.17, 15) is 10.1 Å². The summed E-state index contributed by atoms with van der Waals surface area (Å²) in [6.07, 6.45) is 0. The molecule has 1 atom stereocenters. The molecule has 0 spiro atoms. The van der Waals surface area contributed by atoms with Crippen LogP contribution in [0.4, 0.5) is 0 Å². The second-order valence-electron chi connectivity index (χ2n) is 7.07. The lowest BCUT2D eigenvalue weighted by molar-refractivity contribution is -0.139. The van der Waals surface area contributed by atoms with Gasteiger partial charge in [-0.15, -0.1) is 0 Å². The number of nitrogens with zero attached hydrogens (tertiary/aromatic N) is 1. The summed E-state index contributed by atoms with van der Waals surface area (Å²) in [6.45, 7) is 5.89. The van der Waals surface area contributed by atoms with Gasteiger partial charge in [-0.2, -0.15) is 5.26 Å². The molecule has 6 nitrogen and oxygen atoms in total. The summed E-state index contributed by atoms with van der Waals surface area (Å²) in [5.41, 5.74) is 9.14. The summed E-state index contributed by atoms with van der Waals surface area (Å²) < 4.78 is 17.6. The van der Waals surface area contributed by atoms with Gasteiger partial charge in [0.25, 0.3) is 0 Å². The zero-order valence-electron chi connectivity index (χ0n) is 17.6. The molecule has 1 unspecified atom stereocenters. The van der Waals surface area contributed by atoms with Gasteiger partial charge < -0.3 is 19.9 Å². The van der Waals surface area contributed by atoms with Crippen molar-refractivity contribution in [3.05, 3.63) is 86.4 Å². The van der Waals surface area contributed by atoms with E-state index in [2.05, 4.69) is 22.0 Å². The minimum Gasteiger partial charge on any atom is -0.489 e. The number of carbonyl (C=O) groups is 1. The maximum absolute atomic E-state index is 12.8. The number of esters is 1. The molecule has 7 heteroatoms. The third kappa shape index (κ3) is 4.92. The Kier molecular flexibility index (Phi) is 7.03. The molecular weight excluding hydrogens is 460 g/mol. The highest BCUT2D eigenvalue weighted by Gasteiger charge is 2.38. The first-order valence-corrected chi connectivity index (χ1v) is 10.6. The van der Waals surface area contributed by atoms with Crippen molar-refractivity contribution in [2.24, 2.45) is 5.73 Å². The molecule has 1 aliphatic heterocycles. The Morgan fingerprint density at radius 3 is 2.58 bits per heavy atom. The minimum absolute atomic E-state index is 0.0393. The smallest absolute Gasteiger partial charge is 0.338 e. The molecule has 0 radical (unpaired) electrons. The van der Waals surface area contributed by atoms with E-state index in [0.717, 1.165) is 15.6 Å². The van der Waals surface area contributed by atoms with Crippen LogP contribution in [0, 0.1) is 18.3 Å². The molecule has 0 saturated heterocycles. The van der Waals surface area contributed by atoms with Crippen LogP contribution in [0.1, 0.15) is 36.5 Å². The molecule has 2 aromatic rings. The summed E-state index contributed by atoms with van der Waals surface area (Å²) in [6, 6.07) is 15.6. The SMILES string of the molecule is CCOC(=O)C1=C(C)OC(N)=C(C#N)C1c1cc(Br)ccc1OCc1ccc(C)cc1. The molecular formula is C24H23BrN2O4. The number of ether oxygens (including phenoxy) is 3. The fourth-order valence-electron chi connectivity index (χ4n) is 3.39. The number of nitrogens with two attached hydrogens (primary N) is 1. The van der Waals surface area contributed by atoms with E-state index in [-0.39, 0.29) is 23.6 Å². The largest absolute Gasteiger partial charge is 0.489 e. The molecule has 160 valence electrons. The summed E-state index contributed by atoms with van der Waals surface area (Å²) in [5, 5.41) is 9.81. The lowest BCUT2D eigenvalue weighted by Crippen LogP contribution is -2.26. The average molecular weight is 483 g/mol. The van der Waals surface area contributed by atoms with Crippen molar-refractivity contribution in [2.45, 2.75) is 33.3 Å². The first-order valence-electron chi connectivity index (χ1n) is 9.79. The normalized spacial score (nSPS) is 15.9. The number of nitriles is 1. The molecule has 31 heavy (non-hydrogen) atoms. The molecule has 2 aromatic carbocycles. The lowest BCUT2D eigenvalue weighted by Gasteiger charge is -2.28. The Bertz CT molecular complexity index is 1100. The molecule has 0 saturated carbocycles. The maximum Gasteiger partial charge on any atom is 0.338 e. The van der Waals surface area contributed by atoms with Crippen molar-refractivity contribution in [1.29, 1.82) is 5.26 Å². The van der Waals surface area contributed by atoms with Crippen molar-refractivity contribution in [1.82, 2.24) is 0 Å². The molecule has 1 aliphatic rings. The second-order valence-corrected chi connectivity index (χ2v) is 7.99. The Morgan fingerprint density at radius 2 is 1.94 bits per heavy atom. The zero-order chi connectivity index (χ0) is 22.5. The number of aryl methyl sites for hydroxylation is 1. The van der Waals surface area contributed by atoms with Gasteiger partial charge in [-0.3, -0.25) is 0 Å². The van der Waals surface area contributed by atoms with Crippen LogP contribution in [0.3, 0.4) is 0 Å². The highest BCUT2D eigenvalue weighted by atomic mass is 79.9. The van der Waals surface area contributed by atoms with E-state index in [1.807, 2.05) is 43.3 Å². The molecule has 1 heterocycles. The maximum atomic E-state index is 12.8. The van der Waals surface area contributed by atoms with Crippen LogP contribution in [-0.2, 0) is 20.9 Å². The van der Waals surface area contributed by atoms with E-state index in [1.165, 1.54) is 0 Å². The molecule has 0 bridgehead atoms. The van der Waals surface area contributed by atoms with Crippen molar-refractivity contribution >= 4 is 21.9 Å². The second kappa shape index (κ2) is 9.71. The highest BCUT2D eigenvalue weighted by molar-refractivity contribution is 9.10. The van der Waals surface area contributed by atoms with Crippen molar-refractivity contribution in [3.63, 3.8) is 0 Å². The Balaban J connectivity index is 2.07. The Hall–Kier alpha value is -3.24. The predicted molar refractivity (Wildman–Crippen MR) is 120 cm³/mol. The van der Waals surface area contributed by atoms with Gasteiger partial charge >= 0.3 is 5.97 Å². The van der Waals surface area contributed by atoms with Gasteiger partial charge in [0.2, 0.25) is 5.88 Å². The quantitative estimate of drug-likeness (QED) is 0.583. The summed E-state index contributed by atoms with van der Waals surface area (Å²) >= 11 is 3.48. The van der Waals surface area contributed by atoms with Crippen molar-refractivity contribution in [3.8, 4) is 11.8 Å². The predicted octanol–water partition coefficient (Wildman–Crippen LogP) is 4.98. The first-order chi connectivity index (χ1) is 14.8. The third-order valence-corrected chi connectivity index (χ3v) is 5.39. The number of halogens is 1. The number of allylic oxidation sites excluding steroid dienone is 2. The number of carbonyl (C=O) groups excluding carboxylic acids is 1. The van der Waals surface area contributed by atoms with Crippen molar-refractivity contribution < 1.29 is 19.0 Å². The first kappa shape index (κ1) is 22.4. The van der Waals surface area contributed by atoms with Gasteiger partial charge in [-0.1, -0.05) is 45.8 Å². The summed E-state index contributed by atoms with van der Waals surface area (Å²) in [4.78, 5) is 12.8. The average Bonchev–Trinajstić information content (AvgIpc) is 2.73. The molecule has 0 amide bonds. The minimum atomic E-state index is -0.775. The van der Waals surface area contributed by atoms with Crippen LogP contribution in [0.15, 0.2) is 69.7 Å². The van der Waals surface area contributed by atoms with E-state index in [1.54, 1.807) is 19.9 Å². The van der Waals surface area contributed by atoms with Gasteiger partial charge in [-0.25, -0.2) is 4.79 Å². The number of hydrogen-bond acceptors (Lipinski definition) is 6. The zero-order valence-corrected chi connectivity index (χ0v) is 19.2. The Morgan fingerprint density at radius 1 is 1.23 bits per heavy atom.